The molecular weight excluding hydrogens is 433 g/mol. The lowest BCUT2D eigenvalue weighted by Crippen LogP contribution is -2.22. The minimum absolute atomic E-state index is 0.0872. The number of nitrogens with one attached hydrogen (secondary N) is 1. The number of rotatable bonds is 6. The van der Waals surface area contributed by atoms with Gasteiger partial charge in [0.25, 0.3) is 11.6 Å². The van der Waals surface area contributed by atoms with Crippen LogP contribution >= 0.6 is 0 Å². The van der Waals surface area contributed by atoms with Crippen molar-refractivity contribution in [1.82, 2.24) is 0 Å². The Morgan fingerprint density at radius 1 is 0.906 bits per heavy atom. The van der Waals surface area contributed by atoms with Crippen LogP contribution in [0.15, 0.2) is 48.5 Å². The number of nitrogens with zero attached hydrogens (tertiary/aromatic N) is 1. The second-order valence-corrected chi connectivity index (χ2v) is 6.45. The third-order valence-electron chi connectivity index (χ3n) is 4.40. The summed E-state index contributed by atoms with van der Waals surface area (Å²) in [5, 5.41) is 22.1. The Kier molecular flexibility index (Phi) is 6.10. The number of benzene rings is 3. The van der Waals surface area contributed by atoms with Crippen molar-refractivity contribution in [2.75, 3.05) is 5.32 Å². The summed E-state index contributed by atoms with van der Waals surface area (Å²) in [4.78, 5) is 34.0. The predicted octanol–water partition coefficient (Wildman–Crippen LogP) is 5.06. The molecule has 2 N–H and O–H groups in total. The van der Waals surface area contributed by atoms with Gasteiger partial charge in [-0.2, -0.15) is 0 Å². The Morgan fingerprint density at radius 3 is 1.94 bits per heavy atom. The number of carboxylic acid groups (broad SMARTS) is 1. The molecule has 0 atom stereocenters. The van der Waals surface area contributed by atoms with Gasteiger partial charge in [-0.25, -0.2) is 18.0 Å². The third-order valence-corrected chi connectivity index (χ3v) is 4.40. The Morgan fingerprint density at radius 2 is 1.44 bits per heavy atom. The van der Waals surface area contributed by atoms with E-state index in [2.05, 4.69) is 5.32 Å². The van der Waals surface area contributed by atoms with E-state index in [4.69, 9.17) is 4.74 Å². The summed E-state index contributed by atoms with van der Waals surface area (Å²) < 4.78 is 47.2. The van der Waals surface area contributed by atoms with E-state index in [1.165, 1.54) is 48.5 Å². The van der Waals surface area contributed by atoms with E-state index >= 15 is 0 Å². The standard InChI is InChI=1S/C21H13F3N2O6/c1-10-15(21(28)29)16(18(23)19(24)17(10)22)20(27)25-11-2-6-13(7-3-11)32-14-8-4-12(5-9-14)26(30)31/h2-9H,1H3,(H,25,27)(H,28,29). The van der Waals surface area contributed by atoms with Crippen LogP contribution in [0.2, 0.25) is 0 Å². The van der Waals surface area contributed by atoms with E-state index in [1.807, 2.05) is 0 Å². The normalized spacial score (nSPS) is 10.5. The Balaban J connectivity index is 1.81. The van der Waals surface area contributed by atoms with Crippen molar-refractivity contribution < 1.29 is 37.5 Å². The first-order valence-corrected chi connectivity index (χ1v) is 8.84. The molecule has 3 aromatic carbocycles. The highest BCUT2D eigenvalue weighted by Gasteiger charge is 2.30. The number of non-ortho nitro benzene ring substituents is 1. The topological polar surface area (TPSA) is 119 Å². The molecule has 164 valence electrons. The van der Waals surface area contributed by atoms with Crippen molar-refractivity contribution >= 4 is 23.3 Å². The number of anilines is 1. The van der Waals surface area contributed by atoms with Crippen LogP contribution in [0.1, 0.15) is 26.3 Å². The largest absolute Gasteiger partial charge is 0.478 e. The van der Waals surface area contributed by atoms with Crippen LogP contribution in [0.25, 0.3) is 0 Å². The van der Waals surface area contributed by atoms with Gasteiger partial charge in [-0.15, -0.1) is 0 Å². The zero-order chi connectivity index (χ0) is 23.6. The molecule has 0 bridgehead atoms. The maximum atomic E-state index is 14.2. The van der Waals surface area contributed by atoms with Gasteiger partial charge in [0.1, 0.15) is 11.5 Å². The number of ether oxygens (including phenoxy) is 1. The van der Waals surface area contributed by atoms with Crippen LogP contribution < -0.4 is 10.1 Å². The number of halogens is 3. The van der Waals surface area contributed by atoms with E-state index in [1.54, 1.807) is 0 Å². The average Bonchev–Trinajstić information content (AvgIpc) is 2.76. The maximum Gasteiger partial charge on any atom is 0.336 e. The zero-order valence-electron chi connectivity index (χ0n) is 16.2. The minimum atomic E-state index is -1.95. The van der Waals surface area contributed by atoms with Gasteiger partial charge in [0.15, 0.2) is 17.5 Å². The molecule has 0 radical (unpaired) electrons. The molecule has 0 saturated carbocycles. The molecule has 3 rings (SSSR count). The first kappa shape index (κ1) is 22.3. The molecule has 0 spiro atoms. The highest BCUT2D eigenvalue weighted by atomic mass is 19.2. The van der Waals surface area contributed by atoms with Gasteiger partial charge >= 0.3 is 5.97 Å². The number of hydrogen-bond donors (Lipinski definition) is 2. The van der Waals surface area contributed by atoms with Gasteiger partial charge in [0.05, 0.1) is 16.1 Å². The van der Waals surface area contributed by atoms with Gasteiger partial charge in [-0.05, 0) is 43.3 Å². The Labute approximate surface area is 178 Å². The second-order valence-electron chi connectivity index (χ2n) is 6.45. The Hall–Kier alpha value is -4.41. The van der Waals surface area contributed by atoms with E-state index in [-0.39, 0.29) is 17.1 Å². The molecule has 0 saturated heterocycles. The number of amides is 1. The molecule has 11 heteroatoms. The number of aromatic carboxylic acids is 1. The summed E-state index contributed by atoms with van der Waals surface area (Å²) in [6.07, 6.45) is 0. The number of hydrogen-bond acceptors (Lipinski definition) is 5. The Bertz CT molecular complexity index is 1230. The monoisotopic (exact) mass is 446 g/mol. The summed E-state index contributed by atoms with van der Waals surface area (Å²) in [7, 11) is 0. The van der Waals surface area contributed by atoms with Crippen LogP contribution in [0.4, 0.5) is 24.5 Å². The van der Waals surface area contributed by atoms with Crippen LogP contribution in [-0.2, 0) is 0 Å². The molecule has 0 aliphatic carbocycles. The van der Waals surface area contributed by atoms with Crippen molar-refractivity contribution in [2.45, 2.75) is 6.92 Å². The number of carboxylic acids is 1. The summed E-state index contributed by atoms with van der Waals surface area (Å²) in [6.45, 7) is 0.919. The predicted molar refractivity (Wildman–Crippen MR) is 106 cm³/mol. The van der Waals surface area contributed by atoms with E-state index < -0.39 is 50.9 Å². The lowest BCUT2D eigenvalue weighted by molar-refractivity contribution is -0.384. The molecule has 0 heterocycles. The van der Waals surface area contributed by atoms with Crippen molar-refractivity contribution in [3.63, 3.8) is 0 Å². The van der Waals surface area contributed by atoms with E-state index in [0.29, 0.717) is 5.75 Å². The fraction of sp³-hybridized carbons (Fsp3) is 0.0476. The molecule has 8 nitrogen and oxygen atoms in total. The maximum absolute atomic E-state index is 14.2. The minimum Gasteiger partial charge on any atom is -0.478 e. The van der Waals surface area contributed by atoms with Crippen molar-refractivity contribution in [1.29, 1.82) is 0 Å². The fourth-order valence-electron chi connectivity index (χ4n) is 2.83. The molecule has 0 aromatic heterocycles. The van der Waals surface area contributed by atoms with Crippen molar-refractivity contribution in [2.24, 2.45) is 0 Å². The number of nitro groups is 1. The van der Waals surface area contributed by atoms with Gasteiger partial charge in [-0.3, -0.25) is 14.9 Å². The number of carbonyl (C=O) groups excluding carboxylic acids is 1. The lowest BCUT2D eigenvalue weighted by Gasteiger charge is -2.13. The molecule has 0 unspecified atom stereocenters. The second kappa shape index (κ2) is 8.76. The molecule has 1 amide bonds. The number of nitro benzene ring substituents is 1. The van der Waals surface area contributed by atoms with Crippen LogP contribution in [0.5, 0.6) is 11.5 Å². The summed E-state index contributed by atoms with van der Waals surface area (Å²) >= 11 is 0. The first-order chi connectivity index (χ1) is 15.1. The number of carbonyl (C=O) groups is 2. The molecule has 32 heavy (non-hydrogen) atoms. The smallest absolute Gasteiger partial charge is 0.336 e. The molecular formula is C21H13F3N2O6. The third kappa shape index (κ3) is 4.36. The van der Waals surface area contributed by atoms with Gasteiger partial charge < -0.3 is 15.2 Å². The summed E-state index contributed by atoms with van der Waals surface area (Å²) in [5.74, 6) is -8.05. The van der Waals surface area contributed by atoms with E-state index in [0.717, 1.165) is 6.92 Å². The zero-order valence-corrected chi connectivity index (χ0v) is 16.2. The quantitative estimate of drug-likeness (QED) is 0.310. The highest BCUT2D eigenvalue weighted by Crippen LogP contribution is 2.28. The SMILES string of the molecule is Cc1c(F)c(F)c(F)c(C(=O)Nc2ccc(Oc3ccc([N+](=O)[O-])cc3)cc2)c1C(=O)O. The van der Waals surface area contributed by atoms with Crippen LogP contribution in [0.3, 0.4) is 0 Å². The first-order valence-electron chi connectivity index (χ1n) is 8.84. The molecule has 0 aliphatic heterocycles. The van der Waals surface area contributed by atoms with Crippen LogP contribution in [-0.4, -0.2) is 21.9 Å². The summed E-state index contributed by atoms with van der Waals surface area (Å²) in [5.41, 5.74) is -2.87. The lowest BCUT2D eigenvalue weighted by atomic mass is 9.99. The average molecular weight is 446 g/mol. The summed E-state index contributed by atoms with van der Waals surface area (Å²) in [6, 6.07) is 10.8. The van der Waals surface area contributed by atoms with Gasteiger partial charge in [0.2, 0.25) is 0 Å². The van der Waals surface area contributed by atoms with Crippen LogP contribution in [0, 0.1) is 34.5 Å². The van der Waals surface area contributed by atoms with E-state index in [9.17, 15) is 38.0 Å². The van der Waals surface area contributed by atoms with Crippen molar-refractivity contribution in [3.8, 4) is 11.5 Å². The highest BCUT2D eigenvalue weighted by molar-refractivity contribution is 6.11. The van der Waals surface area contributed by atoms with Gasteiger partial charge in [-0.1, -0.05) is 0 Å². The van der Waals surface area contributed by atoms with Crippen molar-refractivity contribution in [3.05, 3.63) is 92.8 Å². The molecule has 3 aromatic rings. The molecule has 0 fully saturated rings. The van der Waals surface area contributed by atoms with Gasteiger partial charge in [0, 0.05) is 23.4 Å². The molecule has 0 aliphatic rings. The fourth-order valence-corrected chi connectivity index (χ4v) is 2.83.